The van der Waals surface area contributed by atoms with Crippen molar-refractivity contribution in [3.8, 4) is 12.3 Å². The summed E-state index contributed by atoms with van der Waals surface area (Å²) in [6, 6.07) is 0.258. The van der Waals surface area contributed by atoms with Crippen molar-refractivity contribution >= 4 is 10.0 Å². The Kier molecular flexibility index (Phi) is 5.11. The lowest BCUT2D eigenvalue weighted by molar-refractivity contribution is 0.496. The molecule has 1 aromatic rings. The Balaban J connectivity index is 3.11. The van der Waals surface area contributed by atoms with E-state index in [4.69, 9.17) is 6.42 Å². The van der Waals surface area contributed by atoms with E-state index >= 15 is 0 Å². The number of terminal acetylenes is 1. The summed E-state index contributed by atoms with van der Waals surface area (Å²) < 4.78 is 25.8. The van der Waals surface area contributed by atoms with Crippen LogP contribution >= 0.6 is 0 Å². The van der Waals surface area contributed by atoms with Crippen LogP contribution in [0.2, 0.25) is 0 Å². The van der Waals surface area contributed by atoms with Gasteiger partial charge in [0.2, 0.25) is 0 Å². The van der Waals surface area contributed by atoms with E-state index in [0.29, 0.717) is 12.1 Å². The molecule has 19 heavy (non-hydrogen) atoms. The van der Waals surface area contributed by atoms with Gasteiger partial charge in [-0.15, -0.1) is 6.42 Å². The Morgan fingerprint density at radius 3 is 2.68 bits per heavy atom. The summed E-state index contributed by atoms with van der Waals surface area (Å²) in [7, 11) is -2.21. The van der Waals surface area contributed by atoms with Crippen molar-refractivity contribution in [3.63, 3.8) is 0 Å². The van der Waals surface area contributed by atoms with Gasteiger partial charge in [-0.25, -0.2) is 8.42 Å². The monoisotopic (exact) mass is 284 g/mol. The van der Waals surface area contributed by atoms with Crippen molar-refractivity contribution < 1.29 is 8.42 Å². The molecule has 0 aliphatic heterocycles. The lowest BCUT2D eigenvalue weighted by atomic mass is 10.2. The Bertz CT molecular complexity index is 569. The predicted octanol–water partition coefficient (Wildman–Crippen LogP) is 0.470. The topological polar surface area (TPSA) is 78.1 Å². The van der Waals surface area contributed by atoms with E-state index in [1.807, 2.05) is 13.8 Å². The van der Waals surface area contributed by atoms with Crippen molar-refractivity contribution in [1.29, 1.82) is 0 Å². The smallest absolute Gasteiger partial charge is 0.263 e. The maximum atomic E-state index is 12.3. The number of sulfonamides is 1. The van der Waals surface area contributed by atoms with Crippen molar-refractivity contribution in [3.05, 3.63) is 11.3 Å². The van der Waals surface area contributed by atoms with Crippen LogP contribution in [0, 0.1) is 19.3 Å². The Labute approximate surface area is 114 Å². The average Bonchev–Trinajstić information content (AvgIpc) is 2.68. The van der Waals surface area contributed by atoms with Gasteiger partial charge >= 0.3 is 0 Å². The van der Waals surface area contributed by atoms with Gasteiger partial charge in [0.05, 0.1) is 6.54 Å². The largest absolute Gasteiger partial charge is 0.310 e. The third-order valence-corrected chi connectivity index (χ3v) is 4.47. The summed E-state index contributed by atoms with van der Waals surface area (Å²) in [5, 5.41) is 9.85. The van der Waals surface area contributed by atoms with Crippen LogP contribution in [-0.4, -0.2) is 42.6 Å². The van der Waals surface area contributed by atoms with E-state index in [2.05, 4.69) is 21.4 Å². The summed E-state index contributed by atoms with van der Waals surface area (Å²) in [5.74, 6) is 2.31. The zero-order valence-corrected chi connectivity index (χ0v) is 12.5. The fourth-order valence-corrected chi connectivity index (χ4v) is 2.76. The molecule has 106 valence electrons. The Morgan fingerprint density at radius 2 is 2.16 bits per heavy atom. The normalized spacial score (nSPS) is 12.1. The van der Waals surface area contributed by atoms with Gasteiger partial charge in [-0.05, 0) is 6.92 Å². The highest BCUT2D eigenvalue weighted by atomic mass is 32.2. The molecule has 0 saturated heterocycles. The van der Waals surface area contributed by atoms with E-state index in [-0.39, 0.29) is 17.6 Å². The van der Waals surface area contributed by atoms with Crippen LogP contribution in [-0.2, 0) is 16.6 Å². The number of aryl methyl sites for hydroxylation is 1. The zero-order valence-electron chi connectivity index (χ0n) is 11.7. The van der Waals surface area contributed by atoms with E-state index in [1.165, 1.54) is 7.05 Å². The summed E-state index contributed by atoms with van der Waals surface area (Å²) >= 11 is 0. The minimum atomic E-state index is -3.65. The lowest BCUT2D eigenvalue weighted by Crippen LogP contribution is -2.29. The number of aromatic amines is 1. The second-order valence-electron chi connectivity index (χ2n) is 4.63. The molecule has 0 radical (unpaired) electrons. The Hall–Kier alpha value is -1.36. The third-order valence-electron chi connectivity index (χ3n) is 2.69. The minimum Gasteiger partial charge on any atom is -0.310 e. The fourth-order valence-electron chi connectivity index (χ4n) is 1.52. The first-order valence-electron chi connectivity index (χ1n) is 5.97. The molecule has 6 nitrogen and oxygen atoms in total. The van der Waals surface area contributed by atoms with Gasteiger partial charge in [-0.3, -0.25) is 5.10 Å². The molecule has 1 heterocycles. The highest BCUT2D eigenvalue weighted by Gasteiger charge is 2.27. The van der Waals surface area contributed by atoms with Crippen LogP contribution in [0.25, 0.3) is 0 Å². The Morgan fingerprint density at radius 1 is 1.53 bits per heavy atom. The third kappa shape index (κ3) is 3.56. The van der Waals surface area contributed by atoms with Gasteiger partial charge < -0.3 is 5.32 Å². The zero-order chi connectivity index (χ0) is 14.6. The molecule has 0 amide bonds. The molecule has 1 aromatic heterocycles. The molecular weight excluding hydrogens is 264 g/mol. The summed E-state index contributed by atoms with van der Waals surface area (Å²) in [6.45, 7) is 6.25. The fraction of sp³-hybridized carbons (Fsp3) is 0.583. The van der Waals surface area contributed by atoms with Crippen LogP contribution in [0.5, 0.6) is 0 Å². The van der Waals surface area contributed by atoms with Crippen molar-refractivity contribution in [1.82, 2.24) is 19.8 Å². The van der Waals surface area contributed by atoms with Gasteiger partial charge in [0, 0.05) is 30.9 Å². The molecule has 0 fully saturated rings. The van der Waals surface area contributed by atoms with Gasteiger partial charge in [0.1, 0.15) is 0 Å². The minimum absolute atomic E-state index is 0.0191. The number of nitrogens with one attached hydrogen (secondary N) is 2. The van der Waals surface area contributed by atoms with Gasteiger partial charge in [0.25, 0.3) is 10.0 Å². The van der Waals surface area contributed by atoms with Crippen LogP contribution < -0.4 is 5.32 Å². The highest BCUT2D eigenvalue weighted by Crippen LogP contribution is 2.19. The van der Waals surface area contributed by atoms with Gasteiger partial charge in [0.15, 0.2) is 5.03 Å². The van der Waals surface area contributed by atoms with E-state index in [1.54, 1.807) is 6.92 Å². The maximum Gasteiger partial charge on any atom is 0.263 e. The second kappa shape index (κ2) is 6.19. The molecule has 1 rings (SSSR count). The molecular formula is C12H20N4O2S. The number of hydrogen-bond acceptors (Lipinski definition) is 4. The lowest BCUT2D eigenvalue weighted by Gasteiger charge is -2.14. The quantitative estimate of drug-likeness (QED) is 0.744. The van der Waals surface area contributed by atoms with Crippen molar-refractivity contribution in [2.24, 2.45) is 0 Å². The van der Waals surface area contributed by atoms with E-state index in [9.17, 15) is 8.42 Å². The molecule has 0 aromatic carbocycles. The van der Waals surface area contributed by atoms with E-state index in [0.717, 1.165) is 10.00 Å². The van der Waals surface area contributed by atoms with Crippen LogP contribution in [0.1, 0.15) is 25.1 Å². The first-order chi connectivity index (χ1) is 8.80. The molecule has 0 atom stereocenters. The summed E-state index contributed by atoms with van der Waals surface area (Å²) in [5.41, 5.74) is 1.39. The number of nitrogens with zero attached hydrogens (tertiary/aromatic N) is 2. The molecule has 0 aliphatic rings. The molecule has 0 unspecified atom stereocenters. The molecule has 0 aliphatic carbocycles. The number of H-pyrrole nitrogens is 1. The number of aromatic nitrogens is 2. The first-order valence-corrected chi connectivity index (χ1v) is 7.41. The van der Waals surface area contributed by atoms with Gasteiger partial charge in [-0.1, -0.05) is 19.8 Å². The predicted molar refractivity (Wildman–Crippen MR) is 73.9 cm³/mol. The SMILES string of the molecule is C#CCN(C)S(=O)(=O)c1n[nH]c(C)c1CNC(C)C. The first kappa shape index (κ1) is 15.7. The van der Waals surface area contributed by atoms with E-state index < -0.39 is 10.0 Å². The average molecular weight is 284 g/mol. The second-order valence-corrected chi connectivity index (χ2v) is 6.59. The van der Waals surface area contributed by atoms with Crippen molar-refractivity contribution in [2.75, 3.05) is 13.6 Å². The van der Waals surface area contributed by atoms with Crippen LogP contribution in [0.15, 0.2) is 5.03 Å². The number of hydrogen-bond donors (Lipinski definition) is 2. The van der Waals surface area contributed by atoms with Crippen LogP contribution in [0.4, 0.5) is 0 Å². The highest BCUT2D eigenvalue weighted by molar-refractivity contribution is 7.89. The molecule has 0 saturated carbocycles. The molecule has 0 bridgehead atoms. The molecule has 7 heteroatoms. The van der Waals surface area contributed by atoms with Crippen molar-refractivity contribution in [2.45, 2.75) is 38.4 Å². The molecule has 0 spiro atoms. The summed E-state index contributed by atoms with van der Waals surface area (Å²) in [6.07, 6.45) is 5.15. The summed E-state index contributed by atoms with van der Waals surface area (Å²) in [4.78, 5) is 0. The van der Waals surface area contributed by atoms with Gasteiger partial charge in [-0.2, -0.15) is 9.40 Å². The molecule has 2 N–H and O–H groups in total. The maximum absolute atomic E-state index is 12.3. The number of rotatable bonds is 6. The standard InChI is InChI=1S/C12H20N4O2S/c1-6-7-16(5)19(17,18)12-11(8-13-9(2)3)10(4)14-15-12/h1,9,13H,7-8H2,2-5H3,(H,14,15). The van der Waals surface area contributed by atoms with Crippen LogP contribution in [0.3, 0.4) is 0 Å².